The molecule has 2 heterocycles. The van der Waals surface area contributed by atoms with Crippen molar-refractivity contribution < 1.29 is 9.18 Å². The van der Waals surface area contributed by atoms with Crippen LogP contribution in [0.15, 0.2) is 36.5 Å². The summed E-state index contributed by atoms with van der Waals surface area (Å²) in [6.07, 6.45) is 4.33. The molecule has 0 saturated carbocycles. The maximum absolute atomic E-state index is 13.8. The normalized spacial score (nSPS) is 11.2. The SMILES string of the molecule is CCCCN(CC)C(=O)Cc1c(-c2ccc(F)c(C)c2)nc2ccc(C)cn12. The molecule has 0 fully saturated rings. The molecule has 148 valence electrons. The summed E-state index contributed by atoms with van der Waals surface area (Å²) >= 11 is 0. The lowest BCUT2D eigenvalue weighted by molar-refractivity contribution is -0.130. The van der Waals surface area contributed by atoms with E-state index in [4.69, 9.17) is 4.98 Å². The number of imidazole rings is 1. The van der Waals surface area contributed by atoms with E-state index in [-0.39, 0.29) is 18.1 Å². The second kappa shape index (κ2) is 8.55. The number of aryl methyl sites for hydroxylation is 2. The van der Waals surface area contributed by atoms with Crippen molar-refractivity contribution >= 4 is 11.6 Å². The molecule has 4 nitrogen and oxygen atoms in total. The van der Waals surface area contributed by atoms with E-state index in [1.165, 1.54) is 6.07 Å². The van der Waals surface area contributed by atoms with Crippen LogP contribution in [-0.4, -0.2) is 33.3 Å². The summed E-state index contributed by atoms with van der Waals surface area (Å²) in [6.45, 7) is 9.36. The Morgan fingerprint density at radius 3 is 2.64 bits per heavy atom. The zero-order valence-corrected chi connectivity index (χ0v) is 17.1. The predicted molar refractivity (Wildman–Crippen MR) is 111 cm³/mol. The number of hydrogen-bond donors (Lipinski definition) is 0. The summed E-state index contributed by atoms with van der Waals surface area (Å²) in [5, 5.41) is 0. The highest BCUT2D eigenvalue weighted by atomic mass is 19.1. The summed E-state index contributed by atoms with van der Waals surface area (Å²) < 4.78 is 15.8. The van der Waals surface area contributed by atoms with Gasteiger partial charge in [0.05, 0.1) is 17.8 Å². The van der Waals surface area contributed by atoms with Gasteiger partial charge >= 0.3 is 0 Å². The molecule has 0 unspecified atom stereocenters. The quantitative estimate of drug-likeness (QED) is 0.581. The number of carbonyl (C=O) groups is 1. The number of halogens is 1. The smallest absolute Gasteiger partial charge is 0.228 e. The minimum atomic E-state index is -0.238. The monoisotopic (exact) mass is 381 g/mol. The van der Waals surface area contributed by atoms with Gasteiger partial charge in [-0.25, -0.2) is 9.37 Å². The first-order valence-electron chi connectivity index (χ1n) is 9.96. The Bertz CT molecular complexity index is 993. The average molecular weight is 381 g/mol. The molecule has 0 spiro atoms. The molecule has 28 heavy (non-hydrogen) atoms. The zero-order valence-electron chi connectivity index (χ0n) is 17.1. The van der Waals surface area contributed by atoms with Gasteiger partial charge in [-0.05, 0) is 62.6 Å². The molecule has 3 rings (SSSR count). The third kappa shape index (κ3) is 4.08. The Labute approximate surface area is 166 Å². The van der Waals surface area contributed by atoms with E-state index in [1.54, 1.807) is 19.1 Å². The number of fused-ring (bicyclic) bond motifs is 1. The van der Waals surface area contributed by atoms with Gasteiger partial charge in [-0.15, -0.1) is 0 Å². The lowest BCUT2D eigenvalue weighted by Gasteiger charge is -2.21. The van der Waals surface area contributed by atoms with Crippen molar-refractivity contribution in [2.45, 2.75) is 47.0 Å². The average Bonchev–Trinajstić information content (AvgIpc) is 3.02. The molecule has 2 aromatic heterocycles. The Hall–Kier alpha value is -2.69. The number of unbranched alkanes of at least 4 members (excludes halogenated alkanes) is 1. The van der Waals surface area contributed by atoms with E-state index >= 15 is 0 Å². The Morgan fingerprint density at radius 2 is 1.96 bits per heavy atom. The topological polar surface area (TPSA) is 37.6 Å². The fourth-order valence-electron chi connectivity index (χ4n) is 3.45. The van der Waals surface area contributed by atoms with Gasteiger partial charge in [0, 0.05) is 24.8 Å². The molecule has 5 heteroatoms. The van der Waals surface area contributed by atoms with Gasteiger partial charge in [0.15, 0.2) is 0 Å². The van der Waals surface area contributed by atoms with Crippen LogP contribution in [0, 0.1) is 19.7 Å². The fourth-order valence-corrected chi connectivity index (χ4v) is 3.45. The Balaban J connectivity index is 2.07. The summed E-state index contributed by atoms with van der Waals surface area (Å²) in [4.78, 5) is 19.7. The standard InChI is InChI=1S/C23H28FN3O/c1-5-7-12-26(6-2)22(28)14-20-23(18-9-10-19(24)17(4)13-18)25-21-11-8-16(3)15-27(20)21/h8-11,13,15H,5-7,12,14H2,1-4H3. The number of benzene rings is 1. The number of amides is 1. The van der Waals surface area contributed by atoms with E-state index in [9.17, 15) is 9.18 Å². The molecule has 0 aliphatic heterocycles. The molecule has 0 radical (unpaired) electrons. The Morgan fingerprint density at radius 1 is 1.18 bits per heavy atom. The number of hydrogen-bond acceptors (Lipinski definition) is 2. The summed E-state index contributed by atoms with van der Waals surface area (Å²) in [7, 11) is 0. The number of nitrogens with zero attached hydrogens (tertiary/aromatic N) is 3. The van der Waals surface area contributed by atoms with E-state index in [2.05, 4.69) is 6.92 Å². The Kier molecular flexibility index (Phi) is 6.12. The highest BCUT2D eigenvalue weighted by Crippen LogP contribution is 2.27. The highest BCUT2D eigenvalue weighted by Gasteiger charge is 2.20. The van der Waals surface area contributed by atoms with Crippen LogP contribution < -0.4 is 0 Å². The second-order valence-electron chi connectivity index (χ2n) is 7.31. The van der Waals surface area contributed by atoms with Gasteiger partial charge in [0.1, 0.15) is 11.5 Å². The fraction of sp³-hybridized carbons (Fsp3) is 0.391. The minimum Gasteiger partial charge on any atom is -0.343 e. The van der Waals surface area contributed by atoms with Crippen LogP contribution in [0.25, 0.3) is 16.9 Å². The van der Waals surface area contributed by atoms with Crippen molar-refractivity contribution in [3.8, 4) is 11.3 Å². The first kappa shape index (κ1) is 20.1. The summed E-state index contributed by atoms with van der Waals surface area (Å²) in [5.41, 5.74) is 4.89. The van der Waals surface area contributed by atoms with Gasteiger partial charge in [-0.3, -0.25) is 4.79 Å². The summed E-state index contributed by atoms with van der Waals surface area (Å²) in [6, 6.07) is 8.96. The van der Waals surface area contributed by atoms with E-state index in [0.717, 1.165) is 47.5 Å². The molecule has 0 bridgehead atoms. The number of pyridine rings is 1. The van der Waals surface area contributed by atoms with Crippen molar-refractivity contribution in [1.82, 2.24) is 14.3 Å². The lowest BCUT2D eigenvalue weighted by Crippen LogP contribution is -2.33. The van der Waals surface area contributed by atoms with Gasteiger partial charge < -0.3 is 9.30 Å². The number of carbonyl (C=O) groups excluding carboxylic acids is 1. The van der Waals surface area contributed by atoms with E-state index in [1.807, 2.05) is 41.5 Å². The van der Waals surface area contributed by atoms with Gasteiger partial charge in [-0.2, -0.15) is 0 Å². The molecule has 3 aromatic rings. The van der Waals surface area contributed by atoms with Crippen molar-refractivity contribution in [3.05, 3.63) is 59.2 Å². The highest BCUT2D eigenvalue weighted by molar-refractivity contribution is 5.81. The predicted octanol–water partition coefficient (Wildman–Crippen LogP) is 4.95. The molecule has 0 aliphatic rings. The molecule has 0 saturated heterocycles. The molecular formula is C23H28FN3O. The summed E-state index contributed by atoms with van der Waals surface area (Å²) in [5.74, 6) is -0.142. The van der Waals surface area contributed by atoms with Crippen LogP contribution in [0.4, 0.5) is 4.39 Å². The van der Waals surface area contributed by atoms with Crippen LogP contribution in [0.2, 0.25) is 0 Å². The molecule has 0 N–H and O–H groups in total. The van der Waals surface area contributed by atoms with Gasteiger partial charge in [-0.1, -0.05) is 19.4 Å². The third-order valence-electron chi connectivity index (χ3n) is 5.13. The van der Waals surface area contributed by atoms with E-state index < -0.39 is 0 Å². The van der Waals surface area contributed by atoms with Crippen molar-refractivity contribution in [3.63, 3.8) is 0 Å². The van der Waals surface area contributed by atoms with Crippen molar-refractivity contribution in [2.75, 3.05) is 13.1 Å². The number of aromatic nitrogens is 2. The van der Waals surface area contributed by atoms with E-state index in [0.29, 0.717) is 12.1 Å². The van der Waals surface area contributed by atoms with Crippen LogP contribution in [0.5, 0.6) is 0 Å². The van der Waals surface area contributed by atoms with Gasteiger partial charge in [0.25, 0.3) is 0 Å². The van der Waals surface area contributed by atoms with Crippen molar-refractivity contribution in [1.29, 1.82) is 0 Å². The lowest BCUT2D eigenvalue weighted by atomic mass is 10.1. The number of rotatable bonds is 7. The van der Waals surface area contributed by atoms with Crippen LogP contribution in [0.1, 0.15) is 43.5 Å². The molecule has 0 aliphatic carbocycles. The first-order valence-corrected chi connectivity index (χ1v) is 9.96. The largest absolute Gasteiger partial charge is 0.343 e. The minimum absolute atomic E-state index is 0.0966. The zero-order chi connectivity index (χ0) is 20.3. The van der Waals surface area contributed by atoms with Gasteiger partial charge in [0.2, 0.25) is 5.91 Å². The maximum Gasteiger partial charge on any atom is 0.228 e. The number of likely N-dealkylation sites (N-methyl/N-ethyl adjacent to an activating group) is 1. The molecule has 1 amide bonds. The van der Waals surface area contributed by atoms with Crippen LogP contribution in [-0.2, 0) is 11.2 Å². The maximum atomic E-state index is 13.8. The van der Waals surface area contributed by atoms with Crippen molar-refractivity contribution in [2.24, 2.45) is 0 Å². The molecule has 0 atom stereocenters. The van der Waals surface area contributed by atoms with Crippen LogP contribution in [0.3, 0.4) is 0 Å². The second-order valence-corrected chi connectivity index (χ2v) is 7.31. The molecular weight excluding hydrogens is 353 g/mol. The third-order valence-corrected chi connectivity index (χ3v) is 5.13. The molecule has 1 aromatic carbocycles. The first-order chi connectivity index (χ1) is 13.4. The van der Waals surface area contributed by atoms with Crippen LogP contribution >= 0.6 is 0 Å².